The Morgan fingerprint density at radius 1 is 1.26 bits per heavy atom. The fraction of sp³-hybridized carbons (Fsp3) is 0.571. The predicted molar refractivity (Wildman–Crippen MR) is 108 cm³/mol. The molecule has 172 valence electrons. The largest absolute Gasteiger partial charge is 0.459 e. The quantitative estimate of drug-likeness (QED) is 0.483. The van der Waals surface area contributed by atoms with Gasteiger partial charge in [-0.25, -0.2) is 14.7 Å². The van der Waals surface area contributed by atoms with Gasteiger partial charge in [-0.3, -0.25) is 9.63 Å². The van der Waals surface area contributed by atoms with E-state index >= 15 is 0 Å². The number of amides is 2. The zero-order valence-corrected chi connectivity index (χ0v) is 18.5. The average molecular weight is 438 g/mol. The molecule has 1 aromatic rings. The van der Waals surface area contributed by atoms with Crippen LogP contribution in [0, 0.1) is 0 Å². The van der Waals surface area contributed by atoms with Gasteiger partial charge in [0.25, 0.3) is 5.91 Å². The van der Waals surface area contributed by atoms with Crippen LogP contribution in [0.1, 0.15) is 33.3 Å². The van der Waals surface area contributed by atoms with Gasteiger partial charge in [0, 0.05) is 7.11 Å². The van der Waals surface area contributed by atoms with Gasteiger partial charge in [-0.1, -0.05) is 30.3 Å². The van der Waals surface area contributed by atoms with E-state index in [9.17, 15) is 14.4 Å². The van der Waals surface area contributed by atoms with Gasteiger partial charge < -0.3 is 24.3 Å². The molecule has 0 unspecified atom stereocenters. The highest BCUT2D eigenvalue weighted by molar-refractivity contribution is 5.89. The summed E-state index contributed by atoms with van der Waals surface area (Å²) in [5.74, 6) is -1.31. The second kappa shape index (κ2) is 11.1. The molecule has 2 rings (SSSR count). The number of alkyl carbamates (subject to hydrolysis) is 1. The lowest BCUT2D eigenvalue weighted by Crippen LogP contribution is -2.63. The summed E-state index contributed by atoms with van der Waals surface area (Å²) in [7, 11) is 1.43. The number of nitrogens with zero attached hydrogens (tertiary/aromatic N) is 1. The number of methoxy groups -OCH3 is 1. The van der Waals surface area contributed by atoms with Crippen LogP contribution in [0.25, 0.3) is 0 Å². The van der Waals surface area contributed by atoms with Crippen molar-refractivity contribution < 1.29 is 38.2 Å². The number of benzene rings is 1. The molecule has 1 saturated heterocycles. The van der Waals surface area contributed by atoms with Crippen molar-refractivity contribution in [3.63, 3.8) is 0 Å². The van der Waals surface area contributed by atoms with Gasteiger partial charge >= 0.3 is 12.1 Å². The van der Waals surface area contributed by atoms with Crippen molar-refractivity contribution in [2.45, 2.75) is 58.1 Å². The smallest absolute Gasteiger partial charge is 0.408 e. The van der Waals surface area contributed by atoms with Gasteiger partial charge in [-0.2, -0.15) is 0 Å². The number of nitrogens with one attached hydrogen (secondary N) is 1. The molecule has 10 heteroatoms. The van der Waals surface area contributed by atoms with E-state index in [1.807, 2.05) is 30.3 Å². The molecule has 1 N–H and O–H groups in total. The molecule has 1 fully saturated rings. The molecule has 31 heavy (non-hydrogen) atoms. The summed E-state index contributed by atoms with van der Waals surface area (Å²) in [6.07, 6.45) is -1.62. The van der Waals surface area contributed by atoms with Crippen LogP contribution in [-0.2, 0) is 40.0 Å². The fourth-order valence-electron chi connectivity index (χ4n) is 2.75. The van der Waals surface area contributed by atoms with Crippen molar-refractivity contribution in [2.75, 3.05) is 20.5 Å². The number of rotatable bonds is 8. The fourth-order valence-corrected chi connectivity index (χ4v) is 2.75. The van der Waals surface area contributed by atoms with Gasteiger partial charge in [-0.05, 0) is 33.3 Å². The van der Waals surface area contributed by atoms with Crippen LogP contribution in [0.3, 0.4) is 0 Å². The van der Waals surface area contributed by atoms with E-state index in [-0.39, 0.29) is 20.0 Å². The Kier molecular flexibility index (Phi) is 8.78. The molecule has 0 saturated carbocycles. The molecule has 0 aliphatic carbocycles. The second-order valence-corrected chi connectivity index (χ2v) is 7.96. The summed E-state index contributed by atoms with van der Waals surface area (Å²) in [5.41, 5.74) is 0.0570. The molecule has 3 atom stereocenters. The Morgan fingerprint density at radius 3 is 2.55 bits per heavy atom. The van der Waals surface area contributed by atoms with E-state index in [2.05, 4.69) is 5.32 Å². The number of ether oxygens (including phenoxy) is 4. The minimum atomic E-state index is -1.14. The molecule has 2 amide bonds. The summed E-state index contributed by atoms with van der Waals surface area (Å²) in [5, 5.41) is 3.39. The predicted octanol–water partition coefficient (Wildman–Crippen LogP) is 1.77. The van der Waals surface area contributed by atoms with Crippen molar-refractivity contribution in [1.82, 2.24) is 10.4 Å². The molecular formula is C21H30N2O8. The van der Waals surface area contributed by atoms with Crippen LogP contribution in [0.4, 0.5) is 4.79 Å². The van der Waals surface area contributed by atoms with E-state index in [1.54, 1.807) is 20.8 Å². The Morgan fingerprint density at radius 2 is 1.94 bits per heavy atom. The van der Waals surface area contributed by atoms with E-state index in [1.165, 1.54) is 14.0 Å². The zero-order valence-electron chi connectivity index (χ0n) is 18.5. The van der Waals surface area contributed by atoms with Crippen LogP contribution in [0.5, 0.6) is 0 Å². The molecule has 1 aliphatic heterocycles. The molecule has 0 radical (unpaired) electrons. The summed E-state index contributed by atoms with van der Waals surface area (Å²) in [6.45, 7) is 6.45. The maximum Gasteiger partial charge on any atom is 0.408 e. The van der Waals surface area contributed by atoms with E-state index < -0.39 is 41.8 Å². The minimum Gasteiger partial charge on any atom is -0.459 e. The molecule has 1 aromatic carbocycles. The van der Waals surface area contributed by atoms with Crippen LogP contribution in [0.2, 0.25) is 0 Å². The van der Waals surface area contributed by atoms with E-state index in [4.69, 9.17) is 23.8 Å². The van der Waals surface area contributed by atoms with Gasteiger partial charge in [0.15, 0.2) is 6.04 Å². The Hall–Kier alpha value is -2.69. The van der Waals surface area contributed by atoms with Crippen LogP contribution in [-0.4, -0.2) is 67.3 Å². The topological polar surface area (TPSA) is 113 Å². The van der Waals surface area contributed by atoms with Crippen LogP contribution in [0.15, 0.2) is 30.3 Å². The molecular weight excluding hydrogens is 408 g/mol. The molecule has 1 aliphatic rings. The standard InChI is InChI=1S/C21H30N2O8/c1-14(19(25)28-11-15-9-7-6-8-10-15)23-18(24)17(16(12-30-23)29-13-27-5)22-20(26)31-21(2,3)4/h6-10,14,16-17H,11-13H2,1-5H3,(H,22,26)/t14-,16+,17-/m1/s1. The number of carbonyl (C=O) groups is 3. The van der Waals surface area contributed by atoms with Gasteiger partial charge in [0.2, 0.25) is 0 Å². The molecule has 0 aromatic heterocycles. The minimum absolute atomic E-state index is 0.0607. The Bertz CT molecular complexity index is 749. The molecule has 0 spiro atoms. The van der Waals surface area contributed by atoms with Crippen molar-refractivity contribution in [3.8, 4) is 0 Å². The maximum absolute atomic E-state index is 13.0. The second-order valence-electron chi connectivity index (χ2n) is 7.96. The molecule has 10 nitrogen and oxygen atoms in total. The van der Waals surface area contributed by atoms with Crippen molar-refractivity contribution >= 4 is 18.0 Å². The number of hydroxylamine groups is 2. The molecule has 1 heterocycles. The highest BCUT2D eigenvalue weighted by Crippen LogP contribution is 2.18. The number of hydrogen-bond acceptors (Lipinski definition) is 8. The van der Waals surface area contributed by atoms with E-state index in [0.717, 1.165) is 10.6 Å². The lowest BCUT2D eigenvalue weighted by atomic mass is 10.1. The number of carbonyl (C=O) groups excluding carboxylic acids is 3. The molecule has 0 bridgehead atoms. The number of hydrogen-bond donors (Lipinski definition) is 1. The first kappa shape index (κ1) is 24.6. The van der Waals surface area contributed by atoms with Crippen LogP contribution >= 0.6 is 0 Å². The van der Waals surface area contributed by atoms with Crippen molar-refractivity contribution in [1.29, 1.82) is 0 Å². The Labute approximate surface area is 181 Å². The highest BCUT2D eigenvalue weighted by atomic mass is 16.7. The third kappa shape index (κ3) is 7.50. The maximum atomic E-state index is 13.0. The Balaban J connectivity index is 2.05. The zero-order chi connectivity index (χ0) is 23.0. The highest BCUT2D eigenvalue weighted by Gasteiger charge is 2.44. The monoisotopic (exact) mass is 438 g/mol. The summed E-state index contributed by atoms with van der Waals surface area (Å²) >= 11 is 0. The lowest BCUT2D eigenvalue weighted by molar-refractivity contribution is -0.245. The van der Waals surface area contributed by atoms with Crippen molar-refractivity contribution in [3.05, 3.63) is 35.9 Å². The SMILES string of the molecule is COCO[C@H]1CON([C@H](C)C(=O)OCc2ccccc2)C(=O)[C@@H]1NC(=O)OC(C)(C)C. The normalized spacial score (nSPS) is 20.2. The summed E-state index contributed by atoms with van der Waals surface area (Å²) in [6, 6.07) is 6.98. The third-order valence-electron chi connectivity index (χ3n) is 4.22. The average Bonchev–Trinajstić information content (AvgIpc) is 2.71. The van der Waals surface area contributed by atoms with Gasteiger partial charge in [-0.15, -0.1) is 0 Å². The first-order valence-corrected chi connectivity index (χ1v) is 9.89. The summed E-state index contributed by atoms with van der Waals surface area (Å²) < 4.78 is 20.9. The van der Waals surface area contributed by atoms with E-state index in [0.29, 0.717) is 0 Å². The van der Waals surface area contributed by atoms with Crippen LogP contribution < -0.4 is 5.32 Å². The first-order chi connectivity index (χ1) is 14.6. The third-order valence-corrected chi connectivity index (χ3v) is 4.22. The van der Waals surface area contributed by atoms with Crippen molar-refractivity contribution in [2.24, 2.45) is 0 Å². The lowest BCUT2D eigenvalue weighted by Gasteiger charge is -2.38. The summed E-state index contributed by atoms with van der Waals surface area (Å²) in [4.78, 5) is 43.2. The van der Waals surface area contributed by atoms with Gasteiger partial charge in [0.05, 0.1) is 0 Å². The first-order valence-electron chi connectivity index (χ1n) is 9.89. The number of esters is 1. The van der Waals surface area contributed by atoms with Gasteiger partial charge in [0.1, 0.15) is 37.8 Å².